The van der Waals surface area contributed by atoms with Crippen LogP contribution < -0.4 is 5.32 Å². The molecule has 0 heterocycles. The average molecular weight is 279 g/mol. The smallest absolute Gasteiger partial charge is 0.306 e. The van der Waals surface area contributed by atoms with Crippen molar-refractivity contribution in [3.8, 4) is 0 Å². The topological polar surface area (TPSA) is 66.4 Å². The van der Waals surface area contributed by atoms with Gasteiger partial charge in [-0.1, -0.05) is 6.42 Å². The first kappa shape index (κ1) is 14.5. The zero-order chi connectivity index (χ0) is 14.7. The van der Waals surface area contributed by atoms with Crippen LogP contribution in [0.25, 0.3) is 0 Å². The van der Waals surface area contributed by atoms with Crippen molar-refractivity contribution in [2.75, 3.05) is 0 Å². The Labute approximate surface area is 117 Å². The fourth-order valence-corrected chi connectivity index (χ4v) is 2.60. The Bertz CT molecular complexity index is 530. The van der Waals surface area contributed by atoms with Crippen LogP contribution in [0.5, 0.6) is 0 Å². The summed E-state index contributed by atoms with van der Waals surface area (Å²) < 4.78 is 13.2. The number of rotatable bonds is 3. The summed E-state index contributed by atoms with van der Waals surface area (Å²) in [6.45, 7) is 1.60. The zero-order valence-electron chi connectivity index (χ0n) is 11.4. The lowest BCUT2D eigenvalue weighted by atomic mass is 9.85. The Balaban J connectivity index is 2.00. The van der Waals surface area contributed by atoms with E-state index in [0.29, 0.717) is 24.0 Å². The molecule has 0 aliphatic heterocycles. The maximum atomic E-state index is 13.2. The molecular weight excluding hydrogens is 261 g/mol. The lowest BCUT2D eigenvalue weighted by Crippen LogP contribution is -2.39. The second kappa shape index (κ2) is 6.03. The molecule has 0 bridgehead atoms. The summed E-state index contributed by atoms with van der Waals surface area (Å²) in [4.78, 5) is 23.1. The van der Waals surface area contributed by atoms with Crippen molar-refractivity contribution in [3.05, 3.63) is 35.1 Å². The van der Waals surface area contributed by atoms with Crippen LogP contribution in [0.3, 0.4) is 0 Å². The van der Waals surface area contributed by atoms with Gasteiger partial charge >= 0.3 is 5.97 Å². The van der Waals surface area contributed by atoms with E-state index >= 15 is 0 Å². The molecule has 0 radical (unpaired) electrons. The highest BCUT2D eigenvalue weighted by atomic mass is 19.1. The first-order chi connectivity index (χ1) is 9.47. The van der Waals surface area contributed by atoms with Gasteiger partial charge in [0.2, 0.25) is 0 Å². The number of hydrogen-bond acceptors (Lipinski definition) is 2. The number of hydrogen-bond donors (Lipinski definition) is 2. The van der Waals surface area contributed by atoms with Crippen molar-refractivity contribution in [2.45, 2.75) is 38.6 Å². The van der Waals surface area contributed by atoms with E-state index in [2.05, 4.69) is 5.32 Å². The van der Waals surface area contributed by atoms with Crippen molar-refractivity contribution in [2.24, 2.45) is 5.92 Å². The molecule has 2 unspecified atom stereocenters. The molecule has 1 aliphatic carbocycles. The lowest BCUT2D eigenvalue weighted by molar-refractivity contribution is -0.143. The van der Waals surface area contributed by atoms with E-state index in [9.17, 15) is 14.0 Å². The van der Waals surface area contributed by atoms with E-state index in [0.717, 1.165) is 12.8 Å². The molecule has 108 valence electrons. The van der Waals surface area contributed by atoms with Crippen LogP contribution in [0, 0.1) is 18.7 Å². The van der Waals surface area contributed by atoms with Crippen LogP contribution >= 0.6 is 0 Å². The molecule has 2 rings (SSSR count). The molecule has 1 aliphatic rings. The normalized spacial score (nSPS) is 22.3. The third kappa shape index (κ3) is 3.35. The van der Waals surface area contributed by atoms with Gasteiger partial charge < -0.3 is 10.4 Å². The van der Waals surface area contributed by atoms with Crippen LogP contribution in [-0.2, 0) is 4.79 Å². The van der Waals surface area contributed by atoms with Crippen molar-refractivity contribution in [1.29, 1.82) is 0 Å². The summed E-state index contributed by atoms with van der Waals surface area (Å²) in [5, 5.41) is 11.9. The molecule has 1 aromatic rings. The molecule has 0 aromatic heterocycles. The maximum absolute atomic E-state index is 13.2. The van der Waals surface area contributed by atoms with Gasteiger partial charge in [0.05, 0.1) is 5.92 Å². The average Bonchev–Trinajstić information content (AvgIpc) is 2.42. The molecule has 1 amide bonds. The van der Waals surface area contributed by atoms with Crippen LogP contribution in [0.1, 0.15) is 41.6 Å². The lowest BCUT2D eigenvalue weighted by Gasteiger charge is -2.27. The summed E-state index contributed by atoms with van der Waals surface area (Å²) in [6.07, 6.45) is 2.71. The number of amides is 1. The van der Waals surface area contributed by atoms with E-state index in [1.807, 2.05) is 0 Å². The highest BCUT2D eigenvalue weighted by Gasteiger charge is 2.28. The van der Waals surface area contributed by atoms with Crippen molar-refractivity contribution in [1.82, 2.24) is 5.32 Å². The van der Waals surface area contributed by atoms with Gasteiger partial charge in [-0.25, -0.2) is 4.39 Å². The van der Waals surface area contributed by atoms with Crippen LogP contribution in [-0.4, -0.2) is 23.0 Å². The van der Waals surface area contributed by atoms with Crippen molar-refractivity contribution in [3.63, 3.8) is 0 Å². The number of carbonyl (C=O) groups is 2. The molecule has 2 atom stereocenters. The molecule has 0 spiro atoms. The minimum Gasteiger partial charge on any atom is -0.481 e. The van der Waals surface area contributed by atoms with Crippen LogP contribution in [0.15, 0.2) is 18.2 Å². The van der Waals surface area contributed by atoms with Crippen LogP contribution in [0.2, 0.25) is 0 Å². The van der Waals surface area contributed by atoms with Crippen molar-refractivity contribution >= 4 is 11.9 Å². The molecule has 1 saturated carbocycles. The number of halogens is 1. The number of benzene rings is 1. The minimum atomic E-state index is -0.804. The SMILES string of the molecule is Cc1cc(C(=O)NC2CCCC(C(=O)O)C2)ccc1F. The van der Waals surface area contributed by atoms with Gasteiger partial charge in [-0.3, -0.25) is 9.59 Å². The first-order valence-corrected chi connectivity index (χ1v) is 6.77. The molecule has 5 heteroatoms. The van der Waals surface area contributed by atoms with Crippen LogP contribution in [0.4, 0.5) is 4.39 Å². The van der Waals surface area contributed by atoms with Gasteiger partial charge in [0, 0.05) is 11.6 Å². The van der Waals surface area contributed by atoms with Gasteiger partial charge in [0.15, 0.2) is 0 Å². The predicted molar refractivity (Wildman–Crippen MR) is 72.0 cm³/mol. The molecule has 2 N–H and O–H groups in total. The standard InChI is InChI=1S/C15H18FNO3/c1-9-7-10(5-6-13(9)16)14(18)17-12-4-2-3-11(8-12)15(19)20/h5-7,11-12H,2-4,8H2,1H3,(H,17,18)(H,19,20). The summed E-state index contributed by atoms with van der Waals surface area (Å²) in [5.74, 6) is -1.81. The number of nitrogens with one attached hydrogen (secondary N) is 1. The highest BCUT2D eigenvalue weighted by molar-refractivity contribution is 5.94. The third-order valence-corrected chi connectivity index (χ3v) is 3.78. The molecule has 1 fully saturated rings. The predicted octanol–water partition coefficient (Wildman–Crippen LogP) is 2.51. The Morgan fingerprint density at radius 3 is 2.75 bits per heavy atom. The number of carboxylic acid groups (broad SMARTS) is 1. The maximum Gasteiger partial charge on any atom is 0.306 e. The van der Waals surface area contributed by atoms with E-state index in [4.69, 9.17) is 5.11 Å². The van der Waals surface area contributed by atoms with E-state index in [1.165, 1.54) is 18.2 Å². The summed E-state index contributed by atoms with van der Waals surface area (Å²) >= 11 is 0. The number of aryl methyl sites for hydroxylation is 1. The monoisotopic (exact) mass is 279 g/mol. The molecule has 4 nitrogen and oxygen atoms in total. The molecule has 20 heavy (non-hydrogen) atoms. The van der Waals surface area contributed by atoms with Crippen molar-refractivity contribution < 1.29 is 19.1 Å². The highest BCUT2D eigenvalue weighted by Crippen LogP contribution is 2.24. The van der Waals surface area contributed by atoms with Gasteiger partial charge in [0.1, 0.15) is 5.82 Å². The number of carboxylic acids is 1. The largest absolute Gasteiger partial charge is 0.481 e. The number of aliphatic carboxylic acids is 1. The summed E-state index contributed by atoms with van der Waals surface area (Å²) in [7, 11) is 0. The Morgan fingerprint density at radius 2 is 2.10 bits per heavy atom. The summed E-state index contributed by atoms with van der Waals surface area (Å²) in [6, 6.07) is 4.09. The Kier molecular flexibility index (Phi) is 4.37. The van der Waals surface area contributed by atoms with E-state index < -0.39 is 5.97 Å². The second-order valence-corrected chi connectivity index (χ2v) is 5.34. The molecule has 0 saturated heterocycles. The second-order valence-electron chi connectivity index (χ2n) is 5.34. The fraction of sp³-hybridized carbons (Fsp3) is 0.467. The zero-order valence-corrected chi connectivity index (χ0v) is 11.4. The summed E-state index contributed by atoms with van der Waals surface area (Å²) in [5.41, 5.74) is 0.825. The third-order valence-electron chi connectivity index (χ3n) is 3.78. The van der Waals surface area contributed by atoms with Gasteiger partial charge in [-0.2, -0.15) is 0 Å². The quantitative estimate of drug-likeness (QED) is 0.893. The molecular formula is C15H18FNO3. The van der Waals surface area contributed by atoms with Gasteiger partial charge in [0.25, 0.3) is 5.91 Å². The fourth-order valence-electron chi connectivity index (χ4n) is 2.60. The van der Waals surface area contributed by atoms with Gasteiger partial charge in [-0.15, -0.1) is 0 Å². The first-order valence-electron chi connectivity index (χ1n) is 6.77. The van der Waals surface area contributed by atoms with E-state index in [1.54, 1.807) is 6.92 Å². The molecule has 1 aromatic carbocycles. The van der Waals surface area contributed by atoms with E-state index in [-0.39, 0.29) is 23.7 Å². The minimum absolute atomic E-state index is 0.122. The Hall–Kier alpha value is -1.91. The van der Waals surface area contributed by atoms with Gasteiger partial charge in [-0.05, 0) is 49.9 Å². The Morgan fingerprint density at radius 1 is 1.35 bits per heavy atom. The number of carbonyl (C=O) groups excluding carboxylic acids is 1.